The van der Waals surface area contributed by atoms with E-state index in [4.69, 9.17) is 16.3 Å². The fraction of sp³-hybridized carbons (Fsp3) is 0.125. The van der Waals surface area contributed by atoms with E-state index in [0.717, 1.165) is 0 Å². The van der Waals surface area contributed by atoms with E-state index < -0.39 is 12.0 Å². The number of amides is 2. The molecule has 0 saturated carbocycles. The first-order valence-electron chi connectivity index (χ1n) is 6.70. The van der Waals surface area contributed by atoms with Gasteiger partial charge >= 0.3 is 12.0 Å². The molecule has 2 rings (SSSR count). The van der Waals surface area contributed by atoms with Crippen LogP contribution in [0.3, 0.4) is 0 Å². The lowest BCUT2D eigenvalue weighted by molar-refractivity contribution is 0.0526. The van der Waals surface area contributed by atoms with E-state index in [0.29, 0.717) is 28.6 Å². The average Bonchev–Trinajstić information content (AvgIpc) is 2.50. The van der Waals surface area contributed by atoms with Crippen LogP contribution in [0.25, 0.3) is 0 Å². The zero-order chi connectivity index (χ0) is 15.9. The minimum absolute atomic E-state index is 0.319. The van der Waals surface area contributed by atoms with E-state index in [-0.39, 0.29) is 0 Å². The molecule has 114 valence electrons. The monoisotopic (exact) mass is 318 g/mol. The number of hydrogen-bond acceptors (Lipinski definition) is 3. The second-order valence-electron chi connectivity index (χ2n) is 4.36. The number of para-hydroxylation sites is 1. The number of ether oxygens (including phenoxy) is 1. The van der Waals surface area contributed by atoms with Crippen LogP contribution < -0.4 is 10.6 Å². The van der Waals surface area contributed by atoms with Crippen molar-refractivity contribution in [3.8, 4) is 0 Å². The summed E-state index contributed by atoms with van der Waals surface area (Å²) in [6.07, 6.45) is 0. The van der Waals surface area contributed by atoms with Crippen LogP contribution in [0.15, 0.2) is 48.5 Å². The number of anilines is 2. The van der Waals surface area contributed by atoms with Crippen molar-refractivity contribution in [2.75, 3.05) is 17.2 Å². The van der Waals surface area contributed by atoms with E-state index in [1.54, 1.807) is 55.5 Å². The Kier molecular flexibility index (Phi) is 5.38. The maximum Gasteiger partial charge on any atom is 0.338 e. The molecule has 0 spiro atoms. The van der Waals surface area contributed by atoms with Gasteiger partial charge in [0.2, 0.25) is 0 Å². The molecule has 2 amide bonds. The van der Waals surface area contributed by atoms with Crippen molar-refractivity contribution in [1.82, 2.24) is 0 Å². The predicted molar refractivity (Wildman–Crippen MR) is 86.5 cm³/mol. The van der Waals surface area contributed by atoms with Crippen LogP contribution >= 0.6 is 11.6 Å². The van der Waals surface area contributed by atoms with Gasteiger partial charge < -0.3 is 15.4 Å². The van der Waals surface area contributed by atoms with Gasteiger partial charge in [0.25, 0.3) is 0 Å². The Morgan fingerprint density at radius 2 is 1.73 bits per heavy atom. The number of benzene rings is 2. The maximum atomic E-state index is 11.9. The van der Waals surface area contributed by atoms with Crippen LogP contribution in [0.5, 0.6) is 0 Å². The quantitative estimate of drug-likeness (QED) is 0.832. The molecular weight excluding hydrogens is 304 g/mol. The highest BCUT2D eigenvalue weighted by Crippen LogP contribution is 2.20. The maximum absolute atomic E-state index is 11.9. The third kappa shape index (κ3) is 4.23. The van der Waals surface area contributed by atoms with E-state index in [2.05, 4.69) is 10.6 Å². The summed E-state index contributed by atoms with van der Waals surface area (Å²) in [5.74, 6) is -0.394. The van der Waals surface area contributed by atoms with Crippen molar-refractivity contribution in [3.05, 3.63) is 59.1 Å². The number of halogens is 1. The molecule has 2 N–H and O–H groups in total. The lowest BCUT2D eigenvalue weighted by Crippen LogP contribution is -2.19. The Morgan fingerprint density at radius 1 is 1.05 bits per heavy atom. The number of urea groups is 1. The SMILES string of the molecule is CCOC(=O)c1ccc(NC(=O)Nc2ccccc2Cl)cc1. The van der Waals surface area contributed by atoms with Gasteiger partial charge in [0.1, 0.15) is 0 Å². The van der Waals surface area contributed by atoms with Gasteiger partial charge in [-0.2, -0.15) is 0 Å². The van der Waals surface area contributed by atoms with Gasteiger partial charge in [-0.3, -0.25) is 0 Å². The summed E-state index contributed by atoms with van der Waals surface area (Å²) < 4.78 is 4.89. The largest absolute Gasteiger partial charge is 0.462 e. The molecule has 0 aliphatic rings. The molecule has 0 fully saturated rings. The molecule has 0 aliphatic carbocycles. The first kappa shape index (κ1) is 15.9. The molecule has 0 atom stereocenters. The highest BCUT2D eigenvalue weighted by Gasteiger charge is 2.08. The van der Waals surface area contributed by atoms with E-state index >= 15 is 0 Å². The number of hydrogen-bond donors (Lipinski definition) is 2. The number of nitrogens with one attached hydrogen (secondary N) is 2. The molecule has 0 bridgehead atoms. The first-order valence-corrected chi connectivity index (χ1v) is 7.07. The molecule has 2 aromatic rings. The Balaban J connectivity index is 1.97. The van der Waals surface area contributed by atoms with Crippen molar-refractivity contribution in [3.63, 3.8) is 0 Å². The van der Waals surface area contributed by atoms with Gasteiger partial charge in [0, 0.05) is 5.69 Å². The fourth-order valence-electron chi connectivity index (χ4n) is 1.75. The Bertz CT molecular complexity index is 671. The number of esters is 1. The highest BCUT2D eigenvalue weighted by atomic mass is 35.5. The van der Waals surface area contributed by atoms with Crippen LogP contribution in [0, 0.1) is 0 Å². The summed E-state index contributed by atoms with van der Waals surface area (Å²) in [4.78, 5) is 23.4. The number of carbonyl (C=O) groups is 2. The first-order chi connectivity index (χ1) is 10.6. The van der Waals surface area contributed by atoms with E-state index in [1.807, 2.05) is 0 Å². The summed E-state index contributed by atoms with van der Waals surface area (Å²) in [5, 5.41) is 5.75. The molecule has 5 nitrogen and oxygen atoms in total. The van der Waals surface area contributed by atoms with Gasteiger partial charge in [-0.25, -0.2) is 9.59 Å². The topological polar surface area (TPSA) is 67.4 Å². The minimum atomic E-state index is -0.419. The van der Waals surface area contributed by atoms with Gasteiger partial charge in [-0.05, 0) is 43.3 Å². The van der Waals surface area contributed by atoms with Crippen molar-refractivity contribution in [1.29, 1.82) is 0 Å². The molecule has 0 saturated heterocycles. The summed E-state index contributed by atoms with van der Waals surface area (Å²) in [6.45, 7) is 2.06. The summed E-state index contributed by atoms with van der Waals surface area (Å²) >= 11 is 5.96. The van der Waals surface area contributed by atoms with Crippen LogP contribution in [-0.2, 0) is 4.74 Å². The lowest BCUT2D eigenvalue weighted by Gasteiger charge is -2.09. The summed E-state index contributed by atoms with van der Waals surface area (Å²) in [6, 6.07) is 12.9. The number of carbonyl (C=O) groups excluding carboxylic acids is 2. The van der Waals surface area contributed by atoms with Crippen molar-refractivity contribution >= 4 is 35.0 Å². The van der Waals surface area contributed by atoms with Gasteiger partial charge in [-0.1, -0.05) is 23.7 Å². The standard InChI is InChI=1S/C16H15ClN2O3/c1-2-22-15(20)11-7-9-12(10-8-11)18-16(21)19-14-6-4-3-5-13(14)17/h3-10H,2H2,1H3,(H2,18,19,21). The van der Waals surface area contributed by atoms with Crippen LogP contribution in [0.4, 0.5) is 16.2 Å². The molecule has 22 heavy (non-hydrogen) atoms. The van der Waals surface area contributed by atoms with Crippen LogP contribution in [0.2, 0.25) is 5.02 Å². The predicted octanol–water partition coefficient (Wildman–Crippen LogP) is 4.16. The number of rotatable bonds is 4. The third-order valence-corrected chi connectivity index (χ3v) is 3.11. The molecule has 0 aliphatic heterocycles. The second kappa shape index (κ2) is 7.47. The van der Waals surface area contributed by atoms with Gasteiger partial charge in [-0.15, -0.1) is 0 Å². The van der Waals surface area contributed by atoms with Crippen LogP contribution in [0.1, 0.15) is 17.3 Å². The Labute approximate surface area is 133 Å². The minimum Gasteiger partial charge on any atom is -0.462 e. The van der Waals surface area contributed by atoms with E-state index in [1.165, 1.54) is 0 Å². The Morgan fingerprint density at radius 3 is 2.36 bits per heavy atom. The van der Waals surface area contributed by atoms with Gasteiger partial charge in [0.05, 0.1) is 22.9 Å². The molecule has 0 heterocycles. The van der Waals surface area contributed by atoms with Gasteiger partial charge in [0.15, 0.2) is 0 Å². The highest BCUT2D eigenvalue weighted by molar-refractivity contribution is 6.33. The second-order valence-corrected chi connectivity index (χ2v) is 4.76. The van der Waals surface area contributed by atoms with Crippen molar-refractivity contribution < 1.29 is 14.3 Å². The van der Waals surface area contributed by atoms with Crippen LogP contribution in [-0.4, -0.2) is 18.6 Å². The molecule has 2 aromatic carbocycles. The smallest absolute Gasteiger partial charge is 0.338 e. The normalized spacial score (nSPS) is 9.91. The summed E-state index contributed by atoms with van der Waals surface area (Å²) in [7, 11) is 0. The van der Waals surface area contributed by atoms with E-state index in [9.17, 15) is 9.59 Å². The lowest BCUT2D eigenvalue weighted by atomic mass is 10.2. The third-order valence-electron chi connectivity index (χ3n) is 2.78. The molecule has 0 unspecified atom stereocenters. The Hall–Kier alpha value is -2.53. The summed E-state index contributed by atoms with van der Waals surface area (Å²) in [5.41, 5.74) is 1.50. The molecule has 0 radical (unpaired) electrons. The molecule has 0 aromatic heterocycles. The zero-order valence-corrected chi connectivity index (χ0v) is 12.7. The van der Waals surface area contributed by atoms with Crippen molar-refractivity contribution in [2.45, 2.75) is 6.92 Å². The fourth-order valence-corrected chi connectivity index (χ4v) is 1.93. The molecular formula is C16H15ClN2O3. The zero-order valence-electron chi connectivity index (χ0n) is 11.9. The molecule has 6 heteroatoms. The average molecular weight is 319 g/mol. The van der Waals surface area contributed by atoms with Crippen molar-refractivity contribution in [2.24, 2.45) is 0 Å².